The summed E-state index contributed by atoms with van der Waals surface area (Å²) in [5.41, 5.74) is 5.22. The van der Waals surface area contributed by atoms with E-state index in [1.54, 1.807) is 0 Å². The first kappa shape index (κ1) is 17.3. The number of anilines is 1. The highest BCUT2D eigenvalue weighted by Gasteiger charge is 2.10. The minimum Gasteiger partial charge on any atom is -0.457 e. The molecule has 1 N–H and O–H groups in total. The van der Waals surface area contributed by atoms with Crippen LogP contribution in [-0.2, 0) is 12.8 Å². The standard InChI is InChI=1S/C23H27NO/c1-5-17-12-14-21-20(19(17)6-2)9-8-10-23(21)25-18-13-11-16(4)22(15-18)24-7-3/h8-15,24H,5-7H2,1-4H3. The van der Waals surface area contributed by atoms with Gasteiger partial charge < -0.3 is 10.1 Å². The molecule has 25 heavy (non-hydrogen) atoms. The summed E-state index contributed by atoms with van der Waals surface area (Å²) in [4.78, 5) is 0. The molecule has 0 aliphatic carbocycles. The van der Waals surface area contributed by atoms with Gasteiger partial charge in [0.25, 0.3) is 0 Å². The average Bonchev–Trinajstić information content (AvgIpc) is 2.63. The number of hydrogen-bond donors (Lipinski definition) is 1. The van der Waals surface area contributed by atoms with Gasteiger partial charge in [-0.25, -0.2) is 0 Å². The van der Waals surface area contributed by atoms with Crippen LogP contribution in [0.4, 0.5) is 5.69 Å². The fraction of sp³-hybridized carbons (Fsp3) is 0.304. The smallest absolute Gasteiger partial charge is 0.135 e. The van der Waals surface area contributed by atoms with Gasteiger partial charge in [0.05, 0.1) is 0 Å². The predicted octanol–water partition coefficient (Wildman–Crippen LogP) is 6.50. The lowest BCUT2D eigenvalue weighted by Crippen LogP contribution is -1.99. The fourth-order valence-corrected chi connectivity index (χ4v) is 3.45. The molecule has 0 atom stereocenters. The van der Waals surface area contributed by atoms with Crippen LogP contribution in [0.5, 0.6) is 11.5 Å². The van der Waals surface area contributed by atoms with Crippen LogP contribution in [0.1, 0.15) is 37.5 Å². The molecule has 0 saturated carbocycles. The van der Waals surface area contributed by atoms with Crippen molar-refractivity contribution in [3.05, 3.63) is 65.2 Å². The molecular weight excluding hydrogens is 306 g/mol. The summed E-state index contributed by atoms with van der Waals surface area (Å²) in [6.07, 6.45) is 2.10. The van der Waals surface area contributed by atoms with Crippen LogP contribution >= 0.6 is 0 Å². The van der Waals surface area contributed by atoms with Gasteiger partial charge in [0.1, 0.15) is 11.5 Å². The number of nitrogens with one attached hydrogen (secondary N) is 1. The van der Waals surface area contributed by atoms with E-state index in [0.29, 0.717) is 0 Å². The van der Waals surface area contributed by atoms with Crippen LogP contribution in [0.15, 0.2) is 48.5 Å². The molecule has 0 heterocycles. The molecule has 0 amide bonds. The number of rotatable bonds is 6. The minimum atomic E-state index is 0.867. The van der Waals surface area contributed by atoms with Gasteiger partial charge in [-0.1, -0.05) is 44.2 Å². The van der Waals surface area contributed by atoms with E-state index in [1.165, 1.54) is 27.5 Å². The van der Waals surface area contributed by atoms with Gasteiger partial charge in [-0.05, 0) is 60.9 Å². The first-order chi connectivity index (χ1) is 12.2. The number of hydrogen-bond acceptors (Lipinski definition) is 2. The molecule has 2 heteroatoms. The number of fused-ring (bicyclic) bond motifs is 1. The molecule has 0 aromatic heterocycles. The van der Waals surface area contributed by atoms with E-state index < -0.39 is 0 Å². The molecule has 0 aliphatic heterocycles. The second-order valence-corrected chi connectivity index (χ2v) is 6.37. The lowest BCUT2D eigenvalue weighted by atomic mass is 9.95. The predicted molar refractivity (Wildman–Crippen MR) is 108 cm³/mol. The third kappa shape index (κ3) is 3.48. The molecule has 2 nitrogen and oxygen atoms in total. The van der Waals surface area contributed by atoms with Crippen molar-refractivity contribution in [3.8, 4) is 11.5 Å². The van der Waals surface area contributed by atoms with Crippen molar-refractivity contribution in [2.45, 2.75) is 40.5 Å². The summed E-state index contributed by atoms with van der Waals surface area (Å²) in [6, 6.07) is 17.0. The average molecular weight is 333 g/mol. The highest BCUT2D eigenvalue weighted by Crippen LogP contribution is 2.34. The molecule has 0 aliphatic rings. The molecule has 0 fully saturated rings. The molecule has 3 aromatic carbocycles. The van der Waals surface area contributed by atoms with Gasteiger partial charge in [0.2, 0.25) is 0 Å². The van der Waals surface area contributed by atoms with E-state index >= 15 is 0 Å². The quantitative estimate of drug-likeness (QED) is 0.556. The van der Waals surface area contributed by atoms with Gasteiger partial charge in [0, 0.05) is 23.7 Å². The third-order valence-corrected chi connectivity index (χ3v) is 4.77. The van der Waals surface area contributed by atoms with E-state index in [4.69, 9.17) is 4.74 Å². The molecule has 3 aromatic rings. The first-order valence-electron chi connectivity index (χ1n) is 9.23. The van der Waals surface area contributed by atoms with Crippen LogP contribution in [0.2, 0.25) is 0 Å². The zero-order chi connectivity index (χ0) is 17.8. The first-order valence-corrected chi connectivity index (χ1v) is 9.23. The SMILES string of the molecule is CCNc1cc(Oc2cccc3c(CC)c(CC)ccc23)ccc1C. The Morgan fingerprint density at radius 2 is 1.72 bits per heavy atom. The molecule has 3 rings (SSSR count). The molecule has 0 unspecified atom stereocenters. The Hall–Kier alpha value is -2.48. The molecular formula is C23H27NO. The molecule has 0 bridgehead atoms. The van der Waals surface area contributed by atoms with Crippen LogP contribution in [-0.4, -0.2) is 6.54 Å². The van der Waals surface area contributed by atoms with Crippen molar-refractivity contribution in [1.29, 1.82) is 0 Å². The summed E-state index contributed by atoms with van der Waals surface area (Å²) in [5.74, 6) is 1.79. The van der Waals surface area contributed by atoms with E-state index in [1.807, 2.05) is 6.07 Å². The maximum absolute atomic E-state index is 6.27. The largest absolute Gasteiger partial charge is 0.457 e. The summed E-state index contributed by atoms with van der Waals surface area (Å²) < 4.78 is 6.27. The summed E-state index contributed by atoms with van der Waals surface area (Å²) in [5, 5.41) is 5.88. The maximum atomic E-state index is 6.27. The summed E-state index contributed by atoms with van der Waals surface area (Å²) in [6.45, 7) is 9.56. The van der Waals surface area contributed by atoms with Gasteiger partial charge in [-0.15, -0.1) is 0 Å². The molecule has 0 radical (unpaired) electrons. The summed E-state index contributed by atoms with van der Waals surface area (Å²) in [7, 11) is 0. The zero-order valence-electron chi connectivity index (χ0n) is 15.6. The zero-order valence-corrected chi connectivity index (χ0v) is 15.6. The lowest BCUT2D eigenvalue weighted by Gasteiger charge is -2.15. The third-order valence-electron chi connectivity index (χ3n) is 4.77. The Balaban J connectivity index is 2.04. The molecule has 0 spiro atoms. The Morgan fingerprint density at radius 3 is 2.44 bits per heavy atom. The number of ether oxygens (including phenoxy) is 1. The normalized spacial score (nSPS) is 10.9. The second-order valence-electron chi connectivity index (χ2n) is 6.37. The van der Waals surface area contributed by atoms with Gasteiger partial charge in [-0.2, -0.15) is 0 Å². The van der Waals surface area contributed by atoms with Crippen LogP contribution < -0.4 is 10.1 Å². The van der Waals surface area contributed by atoms with Crippen molar-refractivity contribution in [1.82, 2.24) is 0 Å². The van der Waals surface area contributed by atoms with Crippen molar-refractivity contribution < 1.29 is 4.74 Å². The number of benzene rings is 3. The monoisotopic (exact) mass is 333 g/mol. The van der Waals surface area contributed by atoms with E-state index in [9.17, 15) is 0 Å². The van der Waals surface area contributed by atoms with E-state index in [-0.39, 0.29) is 0 Å². The molecule has 0 saturated heterocycles. The van der Waals surface area contributed by atoms with Crippen LogP contribution in [0.25, 0.3) is 10.8 Å². The summed E-state index contributed by atoms with van der Waals surface area (Å²) >= 11 is 0. The van der Waals surface area contributed by atoms with Gasteiger partial charge in [0.15, 0.2) is 0 Å². The Labute approximate surface area is 150 Å². The van der Waals surface area contributed by atoms with Crippen LogP contribution in [0.3, 0.4) is 0 Å². The topological polar surface area (TPSA) is 21.3 Å². The second kappa shape index (κ2) is 7.60. The van der Waals surface area contributed by atoms with E-state index in [2.05, 4.69) is 75.5 Å². The van der Waals surface area contributed by atoms with E-state index in [0.717, 1.165) is 36.6 Å². The Bertz CT molecular complexity index is 883. The molecule has 130 valence electrons. The highest BCUT2D eigenvalue weighted by atomic mass is 16.5. The minimum absolute atomic E-state index is 0.867. The maximum Gasteiger partial charge on any atom is 0.135 e. The van der Waals surface area contributed by atoms with Crippen LogP contribution in [0, 0.1) is 6.92 Å². The van der Waals surface area contributed by atoms with Crippen molar-refractivity contribution >= 4 is 16.5 Å². The highest BCUT2D eigenvalue weighted by molar-refractivity contribution is 5.92. The van der Waals surface area contributed by atoms with Crippen molar-refractivity contribution in [2.24, 2.45) is 0 Å². The Kier molecular flexibility index (Phi) is 5.28. The number of aryl methyl sites for hydroxylation is 3. The lowest BCUT2D eigenvalue weighted by molar-refractivity contribution is 0.488. The van der Waals surface area contributed by atoms with Gasteiger partial charge in [-0.3, -0.25) is 0 Å². The van der Waals surface area contributed by atoms with Crippen molar-refractivity contribution in [2.75, 3.05) is 11.9 Å². The Morgan fingerprint density at radius 1 is 0.880 bits per heavy atom. The van der Waals surface area contributed by atoms with Crippen molar-refractivity contribution in [3.63, 3.8) is 0 Å². The fourth-order valence-electron chi connectivity index (χ4n) is 3.45. The van der Waals surface area contributed by atoms with Gasteiger partial charge >= 0.3 is 0 Å².